The van der Waals surface area contributed by atoms with Crippen molar-refractivity contribution in [1.82, 2.24) is 14.8 Å². The molecule has 1 aliphatic heterocycles. The molecule has 0 aliphatic carbocycles. The summed E-state index contributed by atoms with van der Waals surface area (Å²) in [5.41, 5.74) is 0.318. The lowest BCUT2D eigenvalue weighted by Gasteiger charge is -2.34. The zero-order valence-corrected chi connectivity index (χ0v) is 14.6. The summed E-state index contributed by atoms with van der Waals surface area (Å²) in [5.74, 6) is -0.180. The molecule has 0 bridgehead atoms. The number of hydrogen-bond donors (Lipinski definition) is 1. The van der Waals surface area contributed by atoms with E-state index in [-0.39, 0.29) is 17.5 Å². The molecule has 0 spiro atoms. The molecule has 1 saturated heterocycles. The summed E-state index contributed by atoms with van der Waals surface area (Å²) in [6, 6.07) is 5.45. The van der Waals surface area contributed by atoms with Gasteiger partial charge in [-0.05, 0) is 18.2 Å². The second-order valence-electron chi connectivity index (χ2n) is 5.98. The average molecular weight is 398 g/mol. The number of piperazine rings is 1. The minimum atomic E-state index is -4.45. The Labute approximate surface area is 157 Å². The molecule has 28 heavy (non-hydrogen) atoms. The van der Waals surface area contributed by atoms with Crippen LogP contribution in [0.1, 0.15) is 10.6 Å². The Morgan fingerprint density at radius 2 is 1.86 bits per heavy atom. The molecule has 1 N–H and O–H groups in total. The van der Waals surface area contributed by atoms with Crippen LogP contribution in [-0.2, 0) is 0 Å². The van der Waals surface area contributed by atoms with Crippen LogP contribution in [-0.4, -0.2) is 65.7 Å². The third-order valence-electron chi connectivity index (χ3n) is 3.96. The van der Waals surface area contributed by atoms with E-state index in [2.05, 4.69) is 15.0 Å². The van der Waals surface area contributed by atoms with E-state index in [1.54, 1.807) is 17.0 Å². The van der Waals surface area contributed by atoms with Crippen LogP contribution in [0.15, 0.2) is 41.1 Å². The molecule has 3 heterocycles. The van der Waals surface area contributed by atoms with Crippen LogP contribution in [0.2, 0.25) is 0 Å². The number of rotatable bonds is 4. The Morgan fingerprint density at radius 1 is 1.14 bits per heavy atom. The molecule has 0 atom stereocenters. The van der Waals surface area contributed by atoms with Gasteiger partial charge in [-0.2, -0.15) is 13.2 Å². The molecule has 11 heteroatoms. The van der Waals surface area contributed by atoms with Crippen LogP contribution in [0.4, 0.5) is 23.7 Å². The number of nitrogens with one attached hydrogen (secondary N) is 1. The fourth-order valence-electron chi connectivity index (χ4n) is 2.57. The number of carbonyl (C=O) groups excluding carboxylic acids is 2. The number of alkyl halides is 3. The van der Waals surface area contributed by atoms with Crippen molar-refractivity contribution < 1.29 is 31.9 Å². The Morgan fingerprint density at radius 3 is 2.43 bits per heavy atom. The number of urea groups is 1. The number of amides is 3. The van der Waals surface area contributed by atoms with Crippen LogP contribution in [0.3, 0.4) is 0 Å². The van der Waals surface area contributed by atoms with Crippen molar-refractivity contribution in [1.29, 1.82) is 0 Å². The number of halogens is 3. The largest absolute Gasteiger partial charge is 0.468 e. The first-order chi connectivity index (χ1) is 13.3. The molecule has 8 nitrogen and oxygen atoms in total. The predicted octanol–water partition coefficient (Wildman–Crippen LogP) is 2.61. The van der Waals surface area contributed by atoms with E-state index in [1.807, 2.05) is 0 Å². The average Bonchev–Trinajstić information content (AvgIpc) is 3.21. The Kier molecular flexibility index (Phi) is 5.71. The predicted molar refractivity (Wildman–Crippen MR) is 91.0 cm³/mol. The second-order valence-corrected chi connectivity index (χ2v) is 5.98. The quantitative estimate of drug-likeness (QED) is 0.856. The lowest BCUT2D eigenvalue weighted by molar-refractivity contribution is -0.154. The summed E-state index contributed by atoms with van der Waals surface area (Å²) in [6.07, 6.45) is -1.82. The SMILES string of the molecule is O=C(Nc1ccc(OCC(F)(F)F)nc1)N1CCN(C(=O)c2ccco2)CC1. The van der Waals surface area contributed by atoms with Crippen molar-refractivity contribution in [2.45, 2.75) is 6.18 Å². The standard InChI is InChI=1S/C17H17F3N4O4/c18-17(19,20)11-28-14-4-3-12(10-21-14)22-16(26)24-7-5-23(6-8-24)15(25)13-2-1-9-27-13/h1-4,9-10H,5-8,11H2,(H,22,26). The third-order valence-corrected chi connectivity index (χ3v) is 3.96. The molecular formula is C17H17F3N4O4. The van der Waals surface area contributed by atoms with Gasteiger partial charge in [-0.1, -0.05) is 0 Å². The molecule has 1 aliphatic rings. The van der Waals surface area contributed by atoms with E-state index in [0.717, 1.165) is 0 Å². The van der Waals surface area contributed by atoms with E-state index < -0.39 is 18.8 Å². The van der Waals surface area contributed by atoms with Crippen LogP contribution in [0, 0.1) is 0 Å². The minimum absolute atomic E-state index is 0.194. The van der Waals surface area contributed by atoms with Crippen LogP contribution >= 0.6 is 0 Å². The first-order valence-corrected chi connectivity index (χ1v) is 8.36. The van der Waals surface area contributed by atoms with Crippen molar-refractivity contribution in [2.24, 2.45) is 0 Å². The highest BCUT2D eigenvalue weighted by atomic mass is 19.4. The van der Waals surface area contributed by atoms with Crippen molar-refractivity contribution in [3.63, 3.8) is 0 Å². The minimum Gasteiger partial charge on any atom is -0.468 e. The molecule has 3 rings (SSSR count). The van der Waals surface area contributed by atoms with E-state index in [1.165, 1.54) is 29.5 Å². The van der Waals surface area contributed by atoms with Crippen molar-refractivity contribution in [3.05, 3.63) is 42.5 Å². The summed E-state index contributed by atoms with van der Waals surface area (Å²) in [4.78, 5) is 31.3. The fourth-order valence-corrected chi connectivity index (χ4v) is 2.57. The number of aromatic nitrogens is 1. The molecule has 0 unspecified atom stereocenters. The fraction of sp³-hybridized carbons (Fsp3) is 0.353. The normalized spacial score (nSPS) is 14.7. The molecule has 3 amide bonds. The van der Waals surface area contributed by atoms with Gasteiger partial charge < -0.3 is 24.3 Å². The smallest absolute Gasteiger partial charge is 0.422 e. The maximum Gasteiger partial charge on any atom is 0.422 e. The number of pyridine rings is 1. The highest BCUT2D eigenvalue weighted by Gasteiger charge is 2.29. The van der Waals surface area contributed by atoms with Gasteiger partial charge in [0.15, 0.2) is 12.4 Å². The van der Waals surface area contributed by atoms with Gasteiger partial charge in [0.2, 0.25) is 5.88 Å². The van der Waals surface area contributed by atoms with Crippen LogP contribution in [0.5, 0.6) is 5.88 Å². The van der Waals surface area contributed by atoms with Gasteiger partial charge in [-0.15, -0.1) is 0 Å². The number of nitrogens with zero attached hydrogens (tertiary/aromatic N) is 3. The summed E-state index contributed by atoms with van der Waals surface area (Å²) < 4.78 is 45.9. The molecular weight excluding hydrogens is 381 g/mol. The number of ether oxygens (including phenoxy) is 1. The van der Waals surface area contributed by atoms with Gasteiger partial charge >= 0.3 is 12.2 Å². The summed E-state index contributed by atoms with van der Waals surface area (Å²) in [5, 5.41) is 2.61. The lowest BCUT2D eigenvalue weighted by atomic mass is 10.3. The first kappa shape index (κ1) is 19.5. The Hall–Kier alpha value is -3.24. The highest BCUT2D eigenvalue weighted by molar-refractivity contribution is 5.92. The van der Waals surface area contributed by atoms with E-state index in [4.69, 9.17) is 4.42 Å². The number of furan rings is 1. The number of carbonyl (C=O) groups is 2. The Balaban J connectivity index is 1.47. The van der Waals surface area contributed by atoms with E-state index >= 15 is 0 Å². The number of hydrogen-bond acceptors (Lipinski definition) is 5. The van der Waals surface area contributed by atoms with E-state index in [0.29, 0.717) is 31.9 Å². The maximum atomic E-state index is 12.3. The van der Waals surface area contributed by atoms with Gasteiger partial charge in [-0.3, -0.25) is 4.79 Å². The zero-order valence-electron chi connectivity index (χ0n) is 14.6. The molecule has 0 radical (unpaired) electrons. The second kappa shape index (κ2) is 8.19. The third kappa shape index (κ3) is 5.15. The molecule has 0 aromatic carbocycles. The monoisotopic (exact) mass is 398 g/mol. The topological polar surface area (TPSA) is 87.9 Å². The van der Waals surface area contributed by atoms with Gasteiger partial charge in [0.1, 0.15) is 0 Å². The Bertz CT molecular complexity index is 801. The van der Waals surface area contributed by atoms with Crippen LogP contribution < -0.4 is 10.1 Å². The number of anilines is 1. The van der Waals surface area contributed by atoms with Gasteiger partial charge in [0.25, 0.3) is 5.91 Å². The van der Waals surface area contributed by atoms with Crippen molar-refractivity contribution in [2.75, 3.05) is 38.1 Å². The zero-order chi connectivity index (χ0) is 20.1. The molecule has 150 valence electrons. The highest BCUT2D eigenvalue weighted by Crippen LogP contribution is 2.18. The van der Waals surface area contributed by atoms with Gasteiger partial charge in [-0.25, -0.2) is 9.78 Å². The van der Waals surface area contributed by atoms with Crippen LogP contribution in [0.25, 0.3) is 0 Å². The van der Waals surface area contributed by atoms with Crippen molar-refractivity contribution >= 4 is 17.6 Å². The van der Waals surface area contributed by atoms with E-state index in [9.17, 15) is 22.8 Å². The lowest BCUT2D eigenvalue weighted by Crippen LogP contribution is -2.51. The van der Waals surface area contributed by atoms with Crippen molar-refractivity contribution in [3.8, 4) is 5.88 Å². The molecule has 0 saturated carbocycles. The first-order valence-electron chi connectivity index (χ1n) is 8.36. The molecule has 2 aromatic heterocycles. The maximum absolute atomic E-state index is 12.3. The van der Waals surface area contributed by atoms with Gasteiger partial charge in [0.05, 0.1) is 18.1 Å². The summed E-state index contributed by atoms with van der Waals surface area (Å²) in [7, 11) is 0. The summed E-state index contributed by atoms with van der Waals surface area (Å²) in [6.45, 7) is -0.0610. The molecule has 1 fully saturated rings. The van der Waals surface area contributed by atoms with Gasteiger partial charge in [0, 0.05) is 32.2 Å². The molecule has 2 aromatic rings. The summed E-state index contributed by atoms with van der Waals surface area (Å²) >= 11 is 0.